The Morgan fingerprint density at radius 3 is 2.16 bits per heavy atom. The molecule has 0 bridgehead atoms. The van der Waals surface area contributed by atoms with Crippen molar-refractivity contribution in [2.24, 2.45) is 5.10 Å². The van der Waals surface area contributed by atoms with Crippen LogP contribution in [0.1, 0.15) is 23.7 Å². The predicted octanol–water partition coefficient (Wildman–Crippen LogP) is 4.51. The van der Waals surface area contributed by atoms with E-state index in [2.05, 4.69) is 15.8 Å². The average molecular weight is 431 g/mol. The number of hydrazone groups is 1. The number of methoxy groups -OCH3 is 2. The van der Waals surface area contributed by atoms with Gasteiger partial charge in [-0.25, -0.2) is 5.43 Å². The monoisotopic (exact) mass is 431 g/mol. The number of nitrogens with one attached hydrogen (secondary N) is 2. The van der Waals surface area contributed by atoms with E-state index in [0.717, 1.165) is 11.1 Å². The first-order valence-electron chi connectivity index (χ1n) is 10.0. The Labute approximate surface area is 187 Å². The Hall–Kier alpha value is -4.13. The molecule has 2 N–H and O–H groups in total. The number of hydrogen-bond acceptors (Lipinski definition) is 5. The van der Waals surface area contributed by atoms with Crippen molar-refractivity contribution in [3.05, 3.63) is 78.4 Å². The lowest BCUT2D eigenvalue weighted by Crippen LogP contribution is -2.21. The van der Waals surface area contributed by atoms with Crippen LogP contribution >= 0.6 is 0 Å². The van der Waals surface area contributed by atoms with Gasteiger partial charge >= 0.3 is 0 Å². The summed E-state index contributed by atoms with van der Waals surface area (Å²) in [6.07, 6.45) is 0.0326. The Morgan fingerprint density at radius 2 is 1.50 bits per heavy atom. The lowest BCUT2D eigenvalue weighted by Gasteiger charge is -2.11. The molecular weight excluding hydrogens is 406 g/mol. The van der Waals surface area contributed by atoms with Crippen molar-refractivity contribution in [1.29, 1.82) is 0 Å². The van der Waals surface area contributed by atoms with E-state index in [1.165, 1.54) is 14.2 Å². The molecule has 3 rings (SSSR count). The number of hydrogen-bond donors (Lipinski definition) is 2. The third kappa shape index (κ3) is 5.95. The number of rotatable bonds is 8. The molecule has 3 aromatic rings. The van der Waals surface area contributed by atoms with Gasteiger partial charge in [0.15, 0.2) is 0 Å². The number of carbonyl (C=O) groups is 2. The van der Waals surface area contributed by atoms with E-state index in [0.29, 0.717) is 28.5 Å². The molecule has 0 atom stereocenters. The summed E-state index contributed by atoms with van der Waals surface area (Å²) < 4.78 is 10.4. The van der Waals surface area contributed by atoms with Gasteiger partial charge in [0, 0.05) is 28.6 Å². The summed E-state index contributed by atoms with van der Waals surface area (Å²) in [5.74, 6) is 0.321. The summed E-state index contributed by atoms with van der Waals surface area (Å²) in [6.45, 7) is 1.68. The van der Waals surface area contributed by atoms with Gasteiger partial charge in [0.25, 0.3) is 5.91 Å². The lowest BCUT2D eigenvalue weighted by atomic mass is 10.0. The molecule has 7 nitrogen and oxygen atoms in total. The number of para-hydroxylation sites is 1. The van der Waals surface area contributed by atoms with Crippen molar-refractivity contribution >= 4 is 23.2 Å². The first kappa shape index (κ1) is 22.6. The van der Waals surface area contributed by atoms with Crippen LogP contribution in [0.25, 0.3) is 11.1 Å². The number of ether oxygens (including phenoxy) is 2. The van der Waals surface area contributed by atoms with E-state index in [9.17, 15) is 9.59 Å². The first-order chi connectivity index (χ1) is 15.5. The van der Waals surface area contributed by atoms with E-state index in [-0.39, 0.29) is 12.3 Å². The fraction of sp³-hybridized carbons (Fsp3) is 0.160. The summed E-state index contributed by atoms with van der Waals surface area (Å²) in [5.41, 5.74) is 5.91. The highest BCUT2D eigenvalue weighted by Gasteiger charge is 2.12. The number of nitrogens with zero attached hydrogens (tertiary/aromatic N) is 1. The SMILES string of the molecule is COc1cc(OC)cc(C(=O)N/N=C(\C)CC(=O)Nc2ccccc2-c2ccccc2)c1. The third-order valence-corrected chi connectivity index (χ3v) is 4.66. The quantitative estimate of drug-likeness (QED) is 0.406. The van der Waals surface area contributed by atoms with Crippen LogP contribution in [-0.4, -0.2) is 31.7 Å². The highest BCUT2D eigenvalue weighted by atomic mass is 16.5. The highest BCUT2D eigenvalue weighted by molar-refractivity contribution is 6.07. The van der Waals surface area contributed by atoms with Gasteiger partial charge in [-0.2, -0.15) is 5.10 Å². The summed E-state index contributed by atoms with van der Waals surface area (Å²) in [7, 11) is 3.01. The minimum Gasteiger partial charge on any atom is -0.497 e. The molecule has 0 saturated carbocycles. The van der Waals surface area contributed by atoms with Crippen molar-refractivity contribution < 1.29 is 19.1 Å². The average Bonchev–Trinajstić information content (AvgIpc) is 2.82. The second-order valence-electron chi connectivity index (χ2n) is 7.03. The molecular formula is C25H25N3O4. The van der Waals surface area contributed by atoms with Gasteiger partial charge in [-0.15, -0.1) is 0 Å². The fourth-order valence-electron chi connectivity index (χ4n) is 3.08. The molecule has 0 aromatic heterocycles. The standard InChI is InChI=1S/C25H25N3O4/c1-17(27-28-25(30)19-14-20(31-2)16-21(15-19)32-3)13-24(29)26-23-12-8-7-11-22(23)18-9-5-4-6-10-18/h4-12,14-16H,13H2,1-3H3,(H,26,29)(H,28,30)/b27-17+. The predicted molar refractivity (Wildman–Crippen MR) is 125 cm³/mol. The van der Waals surface area contributed by atoms with Gasteiger partial charge in [0.05, 0.1) is 20.6 Å². The minimum atomic E-state index is -0.434. The Kier molecular flexibility index (Phi) is 7.59. The first-order valence-corrected chi connectivity index (χ1v) is 10.0. The molecule has 32 heavy (non-hydrogen) atoms. The van der Waals surface area contributed by atoms with E-state index in [4.69, 9.17) is 9.47 Å². The molecule has 0 unspecified atom stereocenters. The maximum Gasteiger partial charge on any atom is 0.271 e. The van der Waals surface area contributed by atoms with Crippen LogP contribution in [0.4, 0.5) is 5.69 Å². The van der Waals surface area contributed by atoms with Crippen molar-refractivity contribution in [3.8, 4) is 22.6 Å². The van der Waals surface area contributed by atoms with Crippen LogP contribution in [-0.2, 0) is 4.79 Å². The summed E-state index contributed by atoms with van der Waals surface area (Å²) in [5, 5.41) is 6.97. The van der Waals surface area contributed by atoms with Gasteiger partial charge in [0.2, 0.25) is 5.91 Å². The highest BCUT2D eigenvalue weighted by Crippen LogP contribution is 2.27. The molecule has 0 saturated heterocycles. The van der Waals surface area contributed by atoms with E-state index in [1.807, 2.05) is 54.6 Å². The second kappa shape index (κ2) is 10.8. The second-order valence-corrected chi connectivity index (χ2v) is 7.03. The summed E-state index contributed by atoms with van der Waals surface area (Å²) in [4.78, 5) is 25.0. The maximum atomic E-state index is 12.6. The minimum absolute atomic E-state index is 0.0326. The Bertz CT molecular complexity index is 1100. The van der Waals surface area contributed by atoms with Crippen LogP contribution < -0.4 is 20.2 Å². The number of amides is 2. The van der Waals surface area contributed by atoms with Crippen molar-refractivity contribution in [1.82, 2.24) is 5.43 Å². The van der Waals surface area contributed by atoms with Crippen LogP contribution in [0.3, 0.4) is 0 Å². The summed E-state index contributed by atoms with van der Waals surface area (Å²) >= 11 is 0. The van der Waals surface area contributed by atoms with Gasteiger partial charge < -0.3 is 14.8 Å². The van der Waals surface area contributed by atoms with Crippen molar-refractivity contribution in [2.45, 2.75) is 13.3 Å². The van der Waals surface area contributed by atoms with Gasteiger partial charge in [-0.3, -0.25) is 9.59 Å². The number of anilines is 1. The molecule has 0 spiro atoms. The van der Waals surface area contributed by atoms with Gasteiger partial charge in [-0.05, 0) is 30.7 Å². The maximum absolute atomic E-state index is 12.6. The fourth-order valence-corrected chi connectivity index (χ4v) is 3.08. The van der Waals surface area contributed by atoms with E-state index >= 15 is 0 Å². The Balaban J connectivity index is 1.64. The van der Waals surface area contributed by atoms with Crippen molar-refractivity contribution in [3.63, 3.8) is 0 Å². The topological polar surface area (TPSA) is 89.0 Å². The molecule has 0 heterocycles. The zero-order valence-electron chi connectivity index (χ0n) is 18.2. The zero-order chi connectivity index (χ0) is 22.9. The van der Waals surface area contributed by atoms with Crippen LogP contribution in [0, 0.1) is 0 Å². The summed E-state index contributed by atoms with van der Waals surface area (Å²) in [6, 6.07) is 22.2. The van der Waals surface area contributed by atoms with Crippen LogP contribution in [0.2, 0.25) is 0 Å². The van der Waals surface area contributed by atoms with Crippen LogP contribution in [0.15, 0.2) is 77.9 Å². The zero-order valence-corrected chi connectivity index (χ0v) is 18.2. The Morgan fingerprint density at radius 1 is 0.875 bits per heavy atom. The molecule has 3 aromatic carbocycles. The number of carbonyl (C=O) groups excluding carboxylic acids is 2. The molecule has 164 valence electrons. The van der Waals surface area contributed by atoms with Crippen LogP contribution in [0.5, 0.6) is 11.5 Å². The van der Waals surface area contributed by atoms with E-state index in [1.54, 1.807) is 25.1 Å². The third-order valence-electron chi connectivity index (χ3n) is 4.66. The molecule has 7 heteroatoms. The molecule has 0 aliphatic carbocycles. The largest absolute Gasteiger partial charge is 0.497 e. The molecule has 0 radical (unpaired) electrons. The molecule has 0 fully saturated rings. The number of benzene rings is 3. The normalized spacial score (nSPS) is 10.9. The lowest BCUT2D eigenvalue weighted by molar-refractivity contribution is -0.115. The van der Waals surface area contributed by atoms with Crippen molar-refractivity contribution in [2.75, 3.05) is 19.5 Å². The molecule has 0 aliphatic heterocycles. The van der Waals surface area contributed by atoms with Gasteiger partial charge in [-0.1, -0.05) is 48.5 Å². The molecule has 0 aliphatic rings. The van der Waals surface area contributed by atoms with Gasteiger partial charge in [0.1, 0.15) is 11.5 Å². The van der Waals surface area contributed by atoms with E-state index < -0.39 is 5.91 Å². The smallest absolute Gasteiger partial charge is 0.271 e. The molecule has 2 amide bonds.